The molecule has 78 valence electrons. The van der Waals surface area contributed by atoms with Gasteiger partial charge in [0.05, 0.1) is 0 Å². The lowest BCUT2D eigenvalue weighted by atomic mass is 9.81. The third kappa shape index (κ3) is 0.697. The van der Waals surface area contributed by atoms with Gasteiger partial charge in [0.15, 0.2) is 0 Å². The predicted molar refractivity (Wildman–Crippen MR) is 46.6 cm³/mol. The molecule has 4 aliphatic carbocycles. The highest BCUT2D eigenvalue weighted by molar-refractivity contribution is 7.82. The van der Waals surface area contributed by atoms with E-state index in [2.05, 4.69) is 0 Å². The maximum absolute atomic E-state index is 11.3. The second-order valence-corrected chi connectivity index (χ2v) is 6.50. The fourth-order valence-corrected chi connectivity index (χ4v) is 5.81. The van der Waals surface area contributed by atoms with Crippen molar-refractivity contribution in [1.82, 2.24) is 0 Å². The van der Waals surface area contributed by atoms with Gasteiger partial charge in [-0.2, -0.15) is 8.42 Å². The average molecular weight is 216 g/mol. The van der Waals surface area contributed by atoms with Gasteiger partial charge in [0.2, 0.25) is 0 Å². The van der Waals surface area contributed by atoms with Crippen molar-refractivity contribution in [3.63, 3.8) is 0 Å². The highest BCUT2D eigenvalue weighted by Crippen LogP contribution is 2.69. The standard InChI is InChI=1S/C9H12O4S/c10-14(11)12-8-2-6-1-7(4-8)5-9(8,3-6)13-14/h6-7H,1-5H2. The zero-order valence-corrected chi connectivity index (χ0v) is 8.55. The van der Waals surface area contributed by atoms with E-state index in [1.807, 2.05) is 0 Å². The molecular formula is C9H12O4S. The molecule has 4 nitrogen and oxygen atoms in total. The van der Waals surface area contributed by atoms with Gasteiger partial charge in [-0.1, -0.05) is 0 Å². The Labute approximate surface area is 82.9 Å². The quantitative estimate of drug-likeness (QED) is 0.605. The molecule has 1 heterocycles. The zero-order chi connectivity index (χ0) is 9.60. The summed E-state index contributed by atoms with van der Waals surface area (Å²) in [6.07, 6.45) is 4.81. The molecule has 5 rings (SSSR count). The fraction of sp³-hybridized carbons (Fsp3) is 1.00. The molecule has 1 aliphatic heterocycles. The van der Waals surface area contributed by atoms with E-state index >= 15 is 0 Å². The minimum Gasteiger partial charge on any atom is -0.238 e. The molecule has 0 amide bonds. The summed E-state index contributed by atoms with van der Waals surface area (Å²) in [5.41, 5.74) is -0.918. The topological polar surface area (TPSA) is 52.6 Å². The van der Waals surface area contributed by atoms with Crippen LogP contribution in [-0.2, 0) is 18.8 Å². The van der Waals surface area contributed by atoms with Gasteiger partial charge in [-0.05, 0) is 43.9 Å². The smallest absolute Gasteiger partial charge is 0.238 e. The maximum atomic E-state index is 11.3. The van der Waals surface area contributed by atoms with E-state index in [9.17, 15) is 8.42 Å². The molecule has 0 N–H and O–H groups in total. The maximum Gasteiger partial charge on any atom is 0.401 e. The molecule has 4 bridgehead atoms. The van der Waals surface area contributed by atoms with Crippen LogP contribution in [0, 0.1) is 11.8 Å². The molecule has 0 aromatic heterocycles. The first-order chi connectivity index (χ1) is 6.53. The van der Waals surface area contributed by atoms with Crippen molar-refractivity contribution in [2.24, 2.45) is 11.8 Å². The molecule has 0 aromatic carbocycles. The van der Waals surface area contributed by atoms with Crippen LogP contribution >= 0.6 is 0 Å². The minimum absolute atomic E-state index is 0.459. The summed E-state index contributed by atoms with van der Waals surface area (Å²) in [6, 6.07) is 0. The van der Waals surface area contributed by atoms with Crippen LogP contribution < -0.4 is 0 Å². The van der Waals surface area contributed by atoms with Gasteiger partial charge in [0, 0.05) is 0 Å². The van der Waals surface area contributed by atoms with Gasteiger partial charge in [-0.15, -0.1) is 0 Å². The molecule has 0 aromatic rings. The molecule has 5 heteroatoms. The largest absolute Gasteiger partial charge is 0.401 e. The second kappa shape index (κ2) is 1.90. The summed E-state index contributed by atoms with van der Waals surface area (Å²) < 4.78 is 33.1. The lowest BCUT2D eigenvalue weighted by Gasteiger charge is -2.28. The fourth-order valence-electron chi connectivity index (χ4n) is 4.42. The van der Waals surface area contributed by atoms with Gasteiger partial charge >= 0.3 is 10.4 Å². The van der Waals surface area contributed by atoms with Crippen LogP contribution in [0.5, 0.6) is 0 Å². The first kappa shape index (κ1) is 8.07. The molecule has 0 atom stereocenters. The molecular weight excluding hydrogens is 204 g/mol. The van der Waals surface area contributed by atoms with E-state index in [0.717, 1.165) is 25.7 Å². The van der Waals surface area contributed by atoms with Crippen LogP contribution in [0.25, 0.3) is 0 Å². The van der Waals surface area contributed by atoms with Gasteiger partial charge in [-0.25, -0.2) is 8.37 Å². The summed E-state index contributed by atoms with van der Waals surface area (Å²) >= 11 is 0. The van der Waals surface area contributed by atoms with Crippen molar-refractivity contribution < 1.29 is 16.8 Å². The van der Waals surface area contributed by atoms with E-state index in [0.29, 0.717) is 11.8 Å². The second-order valence-electron chi connectivity index (χ2n) is 5.35. The Morgan fingerprint density at radius 3 is 1.79 bits per heavy atom. The molecule has 1 saturated heterocycles. The molecule has 4 saturated carbocycles. The predicted octanol–water partition coefficient (Wildman–Crippen LogP) is 0.979. The summed E-state index contributed by atoms with van der Waals surface area (Å²) in [4.78, 5) is 0. The highest BCUT2D eigenvalue weighted by atomic mass is 32.3. The lowest BCUT2D eigenvalue weighted by Crippen LogP contribution is -2.41. The van der Waals surface area contributed by atoms with E-state index in [4.69, 9.17) is 8.37 Å². The zero-order valence-electron chi connectivity index (χ0n) is 7.73. The SMILES string of the molecule is O=S1(=O)OC23CC4CC(C2)CC3(C4)O1. The minimum atomic E-state index is -3.69. The molecule has 14 heavy (non-hydrogen) atoms. The van der Waals surface area contributed by atoms with Gasteiger partial charge in [0.25, 0.3) is 0 Å². The van der Waals surface area contributed by atoms with E-state index in [-0.39, 0.29) is 0 Å². The normalized spacial score (nSPS) is 62.0. The van der Waals surface area contributed by atoms with Gasteiger partial charge < -0.3 is 0 Å². The molecule has 0 radical (unpaired) electrons. The molecule has 2 spiro atoms. The summed E-state index contributed by atoms with van der Waals surface area (Å²) in [5, 5.41) is 0. The third-order valence-corrected chi connectivity index (χ3v) is 5.54. The van der Waals surface area contributed by atoms with Crippen LogP contribution in [0.15, 0.2) is 0 Å². The first-order valence-corrected chi connectivity index (χ1v) is 6.52. The third-order valence-electron chi connectivity index (χ3n) is 4.49. The molecule has 5 fully saturated rings. The summed E-state index contributed by atoms with van der Waals surface area (Å²) in [5.74, 6) is 1.27. The Balaban J connectivity index is 1.92. The first-order valence-electron chi connectivity index (χ1n) is 5.19. The van der Waals surface area contributed by atoms with Crippen molar-refractivity contribution in [3.8, 4) is 0 Å². The van der Waals surface area contributed by atoms with Gasteiger partial charge in [0.1, 0.15) is 11.2 Å². The lowest BCUT2D eigenvalue weighted by molar-refractivity contribution is 0.00578. The van der Waals surface area contributed by atoms with Crippen LogP contribution in [-0.4, -0.2) is 19.6 Å². The highest BCUT2D eigenvalue weighted by Gasteiger charge is 2.75. The summed E-state index contributed by atoms with van der Waals surface area (Å²) in [6.45, 7) is 0. The summed E-state index contributed by atoms with van der Waals surface area (Å²) in [7, 11) is -3.69. The monoisotopic (exact) mass is 216 g/mol. The van der Waals surface area contributed by atoms with Crippen molar-refractivity contribution in [3.05, 3.63) is 0 Å². The van der Waals surface area contributed by atoms with Crippen LogP contribution in [0.1, 0.15) is 32.1 Å². The Kier molecular flexibility index (Phi) is 1.10. The van der Waals surface area contributed by atoms with Crippen LogP contribution in [0.3, 0.4) is 0 Å². The van der Waals surface area contributed by atoms with Crippen molar-refractivity contribution in [1.29, 1.82) is 0 Å². The Bertz CT molecular complexity index is 369. The average Bonchev–Trinajstić information content (AvgIpc) is 2.33. The molecule has 0 unspecified atom stereocenters. The molecule has 5 aliphatic rings. The van der Waals surface area contributed by atoms with E-state index < -0.39 is 21.6 Å². The Morgan fingerprint density at radius 1 is 0.929 bits per heavy atom. The van der Waals surface area contributed by atoms with Crippen molar-refractivity contribution in [2.45, 2.75) is 43.3 Å². The van der Waals surface area contributed by atoms with Crippen LogP contribution in [0.2, 0.25) is 0 Å². The van der Waals surface area contributed by atoms with E-state index in [1.165, 1.54) is 6.42 Å². The number of hydrogen-bond donors (Lipinski definition) is 0. The number of hydrogen-bond acceptors (Lipinski definition) is 4. The van der Waals surface area contributed by atoms with Crippen LogP contribution in [0.4, 0.5) is 0 Å². The van der Waals surface area contributed by atoms with Crippen molar-refractivity contribution in [2.75, 3.05) is 0 Å². The Hall–Kier alpha value is -0.130. The Morgan fingerprint density at radius 2 is 1.36 bits per heavy atom. The van der Waals surface area contributed by atoms with Crippen molar-refractivity contribution >= 4 is 10.4 Å². The van der Waals surface area contributed by atoms with E-state index in [1.54, 1.807) is 0 Å². The van der Waals surface area contributed by atoms with Gasteiger partial charge in [-0.3, -0.25) is 0 Å². The number of rotatable bonds is 0.